The number of ether oxygens (including phenoxy) is 11. The van der Waals surface area contributed by atoms with E-state index in [1.165, 1.54) is 48.5 Å². The van der Waals surface area contributed by atoms with Crippen LogP contribution in [0.3, 0.4) is 0 Å². The zero-order chi connectivity index (χ0) is 48.4. The molecule has 3 heterocycles. The second-order valence-electron chi connectivity index (χ2n) is 15.5. The van der Waals surface area contributed by atoms with E-state index in [9.17, 15) is 38.9 Å². The summed E-state index contributed by atoms with van der Waals surface area (Å²) in [5.74, 6) is -4.72. The Labute approximate surface area is 391 Å². The molecule has 20 heteroatoms. The van der Waals surface area contributed by atoms with E-state index in [0.29, 0.717) is 0 Å². The fourth-order valence-corrected chi connectivity index (χ4v) is 7.57. The van der Waals surface area contributed by atoms with Crippen LogP contribution in [0.4, 0.5) is 10.5 Å². The van der Waals surface area contributed by atoms with Crippen LogP contribution in [0.5, 0.6) is 5.75 Å². The van der Waals surface area contributed by atoms with E-state index in [0.717, 1.165) is 31.2 Å². The quantitative estimate of drug-likeness (QED) is 0.0395. The first-order chi connectivity index (χ1) is 33.4. The van der Waals surface area contributed by atoms with Crippen LogP contribution < -0.4 is 4.74 Å². The van der Waals surface area contributed by atoms with Crippen molar-refractivity contribution in [3.63, 3.8) is 0 Å². The SMILES string of the molecule is CC(=O)OC[C@H]1O[C@H](O[C@@H]2[C@H]3OC[C@H](O3)[C@@H](OC(=O)c3ccccc3)[C@@H]2OC(=O)c2ccccc2)[C@@H](OC(=O)c2ccccc2)[C@@H](OC(=O)Oc2ccc([N+](=O)[O-])cc2)[C@@H]1OC(=O)c1ccccc1. The maximum Gasteiger partial charge on any atom is 0.514 e. The Morgan fingerprint density at radius 2 is 1.00 bits per heavy atom. The molecule has 0 unspecified atom stereocenters. The molecule has 3 fully saturated rings. The Balaban J connectivity index is 1.21. The molecular formula is C49H41NO19. The van der Waals surface area contributed by atoms with E-state index < -0.39 is 109 Å². The van der Waals surface area contributed by atoms with Gasteiger partial charge in [-0.25, -0.2) is 24.0 Å². The van der Waals surface area contributed by atoms with Crippen molar-refractivity contribution in [1.82, 2.24) is 0 Å². The summed E-state index contributed by atoms with van der Waals surface area (Å²) in [6.45, 7) is 0.227. The van der Waals surface area contributed by atoms with Gasteiger partial charge in [0.1, 0.15) is 24.6 Å². The number of nitro benzene ring substituents is 1. The third-order valence-electron chi connectivity index (χ3n) is 10.8. The minimum atomic E-state index is -1.96. The van der Waals surface area contributed by atoms with Gasteiger partial charge in [-0.05, 0) is 60.7 Å². The molecular weight excluding hydrogens is 907 g/mol. The first kappa shape index (κ1) is 47.5. The summed E-state index contributed by atoms with van der Waals surface area (Å²) >= 11 is 0. The summed E-state index contributed by atoms with van der Waals surface area (Å²) < 4.78 is 66.0. The maximum absolute atomic E-state index is 14.1. The van der Waals surface area contributed by atoms with Crippen LogP contribution in [0.25, 0.3) is 0 Å². The van der Waals surface area contributed by atoms with Crippen LogP contribution in [-0.2, 0) is 52.2 Å². The van der Waals surface area contributed by atoms with Crippen molar-refractivity contribution in [2.75, 3.05) is 13.2 Å². The standard InChI is InChI=1S/C49H41NO19/c1-28(51)59-26-35-38(65-44(53)30-16-8-3-9-17-30)40(69-49(56)61-34-24-22-33(23-25-34)50(57)58)42(67-46(55)32-20-12-5-13-21-32)48(63-35)68-41-39(66-45(54)31-18-10-4-11-19-31)37(36-27-60-47(41)62-36)64-43(52)29-14-6-2-7-15-29/h2-25,35-42,47-48H,26-27H2,1H3/t35-,36+,37-,38-,39+,40+,41+,42+,47+,48-/m1/s1. The van der Waals surface area contributed by atoms with E-state index in [4.69, 9.17) is 52.1 Å². The summed E-state index contributed by atoms with van der Waals surface area (Å²) in [7, 11) is 0. The highest BCUT2D eigenvalue weighted by atomic mass is 16.8. The largest absolute Gasteiger partial charge is 0.514 e. The van der Waals surface area contributed by atoms with Gasteiger partial charge in [-0.1, -0.05) is 72.8 Å². The Morgan fingerprint density at radius 3 is 1.48 bits per heavy atom. The molecule has 0 radical (unpaired) electrons. The summed E-state index contributed by atoms with van der Waals surface area (Å²) in [4.78, 5) is 92.4. The lowest BCUT2D eigenvalue weighted by Gasteiger charge is -2.46. The zero-order valence-electron chi connectivity index (χ0n) is 36.2. The molecule has 69 heavy (non-hydrogen) atoms. The zero-order valence-corrected chi connectivity index (χ0v) is 36.2. The van der Waals surface area contributed by atoms with E-state index >= 15 is 0 Å². The molecule has 5 aromatic carbocycles. The van der Waals surface area contributed by atoms with Gasteiger partial charge in [0.05, 0.1) is 33.8 Å². The number of esters is 5. The smallest absolute Gasteiger partial charge is 0.463 e. The molecule has 3 saturated heterocycles. The van der Waals surface area contributed by atoms with Gasteiger partial charge in [0.25, 0.3) is 5.69 Å². The molecule has 0 aliphatic carbocycles. The maximum atomic E-state index is 14.1. The molecule has 0 spiro atoms. The molecule has 8 rings (SSSR count). The lowest BCUT2D eigenvalue weighted by molar-refractivity contribution is -0.384. The van der Waals surface area contributed by atoms with E-state index in [2.05, 4.69) is 0 Å². The summed E-state index contributed by atoms with van der Waals surface area (Å²) in [6, 6.07) is 35.4. The topological polar surface area (TPSA) is 247 Å². The van der Waals surface area contributed by atoms with Crippen LogP contribution >= 0.6 is 0 Å². The van der Waals surface area contributed by atoms with E-state index in [1.54, 1.807) is 72.8 Å². The van der Waals surface area contributed by atoms with Gasteiger partial charge in [0, 0.05) is 19.1 Å². The highest BCUT2D eigenvalue weighted by Gasteiger charge is 2.60. The van der Waals surface area contributed by atoms with Crippen molar-refractivity contribution in [2.45, 2.75) is 68.3 Å². The van der Waals surface area contributed by atoms with Gasteiger partial charge >= 0.3 is 36.0 Å². The summed E-state index contributed by atoms with van der Waals surface area (Å²) in [6.07, 6.45) is -17.7. The number of hydrogen-bond acceptors (Lipinski definition) is 19. The Morgan fingerprint density at radius 1 is 0.551 bits per heavy atom. The van der Waals surface area contributed by atoms with Crippen LogP contribution in [0, 0.1) is 10.1 Å². The Hall–Kier alpha value is -8.04. The number of carbonyl (C=O) groups is 6. The van der Waals surface area contributed by atoms with E-state index in [-0.39, 0.29) is 40.3 Å². The Kier molecular flexibility index (Phi) is 14.9. The van der Waals surface area contributed by atoms with Gasteiger partial charge in [0.2, 0.25) is 0 Å². The summed E-state index contributed by atoms with van der Waals surface area (Å²) in [5, 5.41) is 11.3. The van der Waals surface area contributed by atoms with Crippen molar-refractivity contribution in [3.05, 3.63) is 178 Å². The monoisotopic (exact) mass is 947 g/mol. The minimum Gasteiger partial charge on any atom is -0.463 e. The highest BCUT2D eigenvalue weighted by Crippen LogP contribution is 2.39. The van der Waals surface area contributed by atoms with Gasteiger partial charge < -0.3 is 52.1 Å². The second kappa shape index (κ2) is 21.7. The molecule has 356 valence electrons. The molecule has 0 saturated carbocycles. The van der Waals surface area contributed by atoms with Gasteiger partial charge in [-0.15, -0.1) is 0 Å². The third-order valence-corrected chi connectivity index (χ3v) is 10.8. The molecule has 0 N–H and O–H groups in total. The minimum absolute atomic E-state index is 0.00570. The molecule has 0 amide bonds. The molecule has 5 aromatic rings. The average molecular weight is 948 g/mol. The lowest BCUT2D eigenvalue weighted by Crippen LogP contribution is -2.66. The Bertz CT molecular complexity index is 2620. The number of rotatable bonds is 15. The summed E-state index contributed by atoms with van der Waals surface area (Å²) in [5.41, 5.74) is -0.0364. The fraction of sp³-hybridized carbons (Fsp3) is 0.265. The third kappa shape index (κ3) is 11.6. The van der Waals surface area contributed by atoms with Gasteiger partial charge in [0.15, 0.2) is 49.2 Å². The normalized spacial score (nSPS) is 24.7. The predicted octanol–water partition coefficient (Wildman–Crippen LogP) is 5.81. The number of fused-ring (bicyclic) bond motifs is 2. The average Bonchev–Trinajstić information content (AvgIpc) is 3.81. The van der Waals surface area contributed by atoms with Gasteiger partial charge in [-0.2, -0.15) is 0 Å². The van der Waals surface area contributed by atoms with Crippen LogP contribution in [0.2, 0.25) is 0 Å². The highest BCUT2D eigenvalue weighted by molar-refractivity contribution is 5.91. The van der Waals surface area contributed by atoms with Crippen molar-refractivity contribution in [1.29, 1.82) is 0 Å². The number of hydrogen-bond donors (Lipinski definition) is 0. The van der Waals surface area contributed by atoms with Crippen LogP contribution in [0.1, 0.15) is 48.4 Å². The number of non-ortho nitro benzene ring substituents is 1. The molecule has 3 aliphatic rings. The van der Waals surface area contributed by atoms with Crippen molar-refractivity contribution in [3.8, 4) is 5.75 Å². The lowest BCUT2D eigenvalue weighted by atomic mass is 9.96. The molecule has 0 aromatic heterocycles. The van der Waals surface area contributed by atoms with Crippen molar-refractivity contribution in [2.24, 2.45) is 0 Å². The number of nitrogens with zero attached hydrogens (tertiary/aromatic N) is 1. The van der Waals surface area contributed by atoms with Crippen molar-refractivity contribution >= 4 is 41.7 Å². The first-order valence-electron chi connectivity index (χ1n) is 21.3. The first-order valence-corrected chi connectivity index (χ1v) is 21.3. The number of nitro groups is 1. The fourth-order valence-electron chi connectivity index (χ4n) is 7.57. The van der Waals surface area contributed by atoms with Crippen LogP contribution in [0.15, 0.2) is 146 Å². The molecule has 3 aliphatic heterocycles. The van der Waals surface area contributed by atoms with Gasteiger partial charge in [-0.3, -0.25) is 14.9 Å². The van der Waals surface area contributed by atoms with E-state index in [1.807, 2.05) is 0 Å². The molecule has 2 bridgehead atoms. The predicted molar refractivity (Wildman–Crippen MR) is 231 cm³/mol. The van der Waals surface area contributed by atoms with Crippen molar-refractivity contribution < 1.29 is 85.8 Å². The molecule has 10 atom stereocenters. The van der Waals surface area contributed by atoms with Crippen LogP contribution in [-0.4, -0.2) is 116 Å². The second-order valence-corrected chi connectivity index (χ2v) is 15.5. The molecule has 20 nitrogen and oxygen atoms in total. The number of carbonyl (C=O) groups excluding carboxylic acids is 6. The number of benzene rings is 5.